The third-order valence-corrected chi connectivity index (χ3v) is 6.09. The van der Waals surface area contributed by atoms with E-state index >= 15 is 0 Å². The van der Waals surface area contributed by atoms with Crippen LogP contribution in [0.15, 0.2) is 34.9 Å². The summed E-state index contributed by atoms with van der Waals surface area (Å²) in [5.74, 6) is 5.21. The number of hydrogen-bond acceptors (Lipinski definition) is 6. The normalized spacial score (nSPS) is 18.8. The van der Waals surface area contributed by atoms with E-state index in [9.17, 15) is 0 Å². The van der Waals surface area contributed by atoms with Crippen molar-refractivity contribution < 1.29 is 4.52 Å². The van der Waals surface area contributed by atoms with Gasteiger partial charge in [-0.25, -0.2) is 0 Å². The summed E-state index contributed by atoms with van der Waals surface area (Å²) in [6, 6.07) is 10.2. The Morgan fingerprint density at radius 1 is 1.24 bits per heavy atom. The summed E-state index contributed by atoms with van der Waals surface area (Å²) < 4.78 is 5.29. The lowest BCUT2D eigenvalue weighted by molar-refractivity contribution is 0.364. The molecule has 4 nitrogen and oxygen atoms in total. The van der Waals surface area contributed by atoms with Crippen LogP contribution in [-0.4, -0.2) is 39.2 Å². The Kier molecular flexibility index (Phi) is 5.60. The first kappa shape index (κ1) is 14.9. The molecule has 1 aliphatic heterocycles. The van der Waals surface area contributed by atoms with Gasteiger partial charge in [-0.3, -0.25) is 0 Å². The second-order valence-corrected chi connectivity index (χ2v) is 7.52. The lowest BCUT2D eigenvalue weighted by Gasteiger charge is -2.20. The highest BCUT2D eigenvalue weighted by Crippen LogP contribution is 2.23. The molecule has 0 saturated carbocycles. The minimum atomic E-state index is 0.656. The lowest BCUT2D eigenvalue weighted by atomic mass is 10.1. The topological polar surface area (TPSA) is 51.0 Å². The largest absolute Gasteiger partial charge is 0.338 e. The third-order valence-electron chi connectivity index (χ3n) is 3.25. The molecule has 1 unspecified atom stereocenters. The van der Waals surface area contributed by atoms with Crippen LogP contribution in [0.4, 0.5) is 0 Å². The zero-order valence-corrected chi connectivity index (χ0v) is 13.5. The SMILES string of the molecule is c1ccc(Cc2noc(CNCC3CSCCS3)n2)cc1. The molecule has 112 valence electrons. The van der Waals surface area contributed by atoms with Crippen LogP contribution in [0.25, 0.3) is 0 Å². The third kappa shape index (κ3) is 4.76. The summed E-state index contributed by atoms with van der Waals surface area (Å²) in [6.07, 6.45) is 0.722. The van der Waals surface area contributed by atoms with Gasteiger partial charge in [-0.2, -0.15) is 28.5 Å². The van der Waals surface area contributed by atoms with E-state index in [1.807, 2.05) is 30.0 Å². The van der Waals surface area contributed by atoms with E-state index in [2.05, 4.69) is 39.4 Å². The van der Waals surface area contributed by atoms with Crippen molar-refractivity contribution in [2.45, 2.75) is 18.2 Å². The monoisotopic (exact) mass is 321 g/mol. The maximum absolute atomic E-state index is 5.29. The van der Waals surface area contributed by atoms with Crippen molar-refractivity contribution in [3.05, 3.63) is 47.6 Å². The van der Waals surface area contributed by atoms with E-state index in [1.165, 1.54) is 22.8 Å². The van der Waals surface area contributed by atoms with Gasteiger partial charge < -0.3 is 9.84 Å². The number of benzene rings is 1. The predicted molar refractivity (Wildman–Crippen MR) is 88.8 cm³/mol. The van der Waals surface area contributed by atoms with Gasteiger partial charge in [-0.1, -0.05) is 35.5 Å². The smallest absolute Gasteiger partial charge is 0.240 e. The van der Waals surface area contributed by atoms with Crippen molar-refractivity contribution in [3.8, 4) is 0 Å². The number of hydrogen-bond donors (Lipinski definition) is 1. The Morgan fingerprint density at radius 2 is 2.14 bits per heavy atom. The maximum atomic E-state index is 5.29. The molecule has 1 saturated heterocycles. The van der Waals surface area contributed by atoms with Crippen LogP contribution >= 0.6 is 23.5 Å². The Morgan fingerprint density at radius 3 is 2.95 bits per heavy atom. The van der Waals surface area contributed by atoms with Crippen LogP contribution in [0.2, 0.25) is 0 Å². The van der Waals surface area contributed by atoms with Gasteiger partial charge in [0, 0.05) is 35.5 Å². The molecule has 3 rings (SSSR count). The standard InChI is InChI=1S/C15H19N3OS2/c1-2-4-12(5-3-1)8-14-17-15(19-18-14)10-16-9-13-11-20-6-7-21-13/h1-5,13,16H,6-11H2. The molecule has 1 N–H and O–H groups in total. The van der Waals surface area contributed by atoms with E-state index in [1.54, 1.807) is 0 Å². The zero-order valence-electron chi connectivity index (χ0n) is 11.8. The summed E-state index contributed by atoms with van der Waals surface area (Å²) >= 11 is 4.10. The van der Waals surface area contributed by atoms with Gasteiger partial charge in [0.05, 0.1) is 6.54 Å². The van der Waals surface area contributed by atoms with Crippen molar-refractivity contribution in [1.82, 2.24) is 15.5 Å². The summed E-state index contributed by atoms with van der Waals surface area (Å²) in [6.45, 7) is 1.66. The number of rotatable bonds is 6. The van der Waals surface area contributed by atoms with E-state index in [4.69, 9.17) is 4.52 Å². The summed E-state index contributed by atoms with van der Waals surface area (Å²) in [7, 11) is 0. The van der Waals surface area contributed by atoms with Crippen LogP contribution < -0.4 is 5.32 Å². The molecule has 0 bridgehead atoms. The Balaban J connectivity index is 1.44. The molecular weight excluding hydrogens is 302 g/mol. The minimum Gasteiger partial charge on any atom is -0.338 e. The van der Waals surface area contributed by atoms with Crippen LogP contribution in [-0.2, 0) is 13.0 Å². The molecule has 0 amide bonds. The quantitative estimate of drug-likeness (QED) is 0.882. The molecule has 1 atom stereocenters. The van der Waals surface area contributed by atoms with Crippen LogP contribution in [0, 0.1) is 0 Å². The van der Waals surface area contributed by atoms with Crippen LogP contribution in [0.1, 0.15) is 17.3 Å². The van der Waals surface area contributed by atoms with Gasteiger partial charge in [-0.05, 0) is 5.56 Å². The Hall–Kier alpha value is -0.980. The van der Waals surface area contributed by atoms with Crippen molar-refractivity contribution in [1.29, 1.82) is 0 Å². The van der Waals surface area contributed by atoms with Gasteiger partial charge in [0.15, 0.2) is 5.82 Å². The second kappa shape index (κ2) is 7.87. The summed E-state index contributed by atoms with van der Waals surface area (Å²) in [5.41, 5.74) is 1.20. The zero-order chi connectivity index (χ0) is 14.3. The lowest BCUT2D eigenvalue weighted by Crippen LogP contribution is -2.28. The van der Waals surface area contributed by atoms with Gasteiger partial charge in [-0.15, -0.1) is 0 Å². The first-order valence-electron chi connectivity index (χ1n) is 7.15. The number of aromatic nitrogens is 2. The van der Waals surface area contributed by atoms with Crippen molar-refractivity contribution in [3.63, 3.8) is 0 Å². The van der Waals surface area contributed by atoms with Crippen LogP contribution in [0.3, 0.4) is 0 Å². The summed E-state index contributed by atoms with van der Waals surface area (Å²) in [5, 5.41) is 8.16. The Labute approximate surface area is 133 Å². The molecular formula is C15H19N3OS2. The molecule has 2 aromatic rings. The number of thioether (sulfide) groups is 2. The van der Waals surface area contributed by atoms with Crippen molar-refractivity contribution in [2.75, 3.05) is 23.8 Å². The first-order valence-corrected chi connectivity index (χ1v) is 9.36. The average molecular weight is 321 g/mol. The van der Waals surface area contributed by atoms with E-state index in [0.29, 0.717) is 17.7 Å². The molecule has 21 heavy (non-hydrogen) atoms. The Bertz CT molecular complexity index is 541. The molecule has 1 aromatic heterocycles. The molecule has 1 aliphatic rings. The highest BCUT2D eigenvalue weighted by atomic mass is 32.2. The van der Waals surface area contributed by atoms with Gasteiger partial charge in [0.1, 0.15) is 0 Å². The fraction of sp³-hybridized carbons (Fsp3) is 0.467. The molecule has 6 heteroatoms. The molecule has 2 heterocycles. The van der Waals surface area contributed by atoms with E-state index in [0.717, 1.165) is 18.8 Å². The number of nitrogens with one attached hydrogen (secondary N) is 1. The van der Waals surface area contributed by atoms with Gasteiger partial charge >= 0.3 is 0 Å². The first-order chi connectivity index (χ1) is 10.4. The average Bonchev–Trinajstić information content (AvgIpc) is 2.97. The number of nitrogens with zero attached hydrogens (tertiary/aromatic N) is 2. The maximum Gasteiger partial charge on any atom is 0.240 e. The molecule has 1 aromatic carbocycles. The molecule has 1 fully saturated rings. The molecule has 0 radical (unpaired) electrons. The predicted octanol–water partition coefficient (Wildman–Crippen LogP) is 2.60. The van der Waals surface area contributed by atoms with E-state index < -0.39 is 0 Å². The van der Waals surface area contributed by atoms with Crippen molar-refractivity contribution >= 4 is 23.5 Å². The van der Waals surface area contributed by atoms with Gasteiger partial charge in [0.2, 0.25) is 5.89 Å². The van der Waals surface area contributed by atoms with Crippen molar-refractivity contribution in [2.24, 2.45) is 0 Å². The minimum absolute atomic E-state index is 0.656. The molecule has 0 aliphatic carbocycles. The van der Waals surface area contributed by atoms with Crippen LogP contribution in [0.5, 0.6) is 0 Å². The summed E-state index contributed by atoms with van der Waals surface area (Å²) in [4.78, 5) is 4.44. The van der Waals surface area contributed by atoms with E-state index in [-0.39, 0.29) is 0 Å². The fourth-order valence-corrected chi connectivity index (χ4v) is 4.85. The fourth-order valence-electron chi connectivity index (χ4n) is 2.21. The molecule has 0 spiro atoms. The second-order valence-electron chi connectivity index (χ2n) is 4.97. The highest BCUT2D eigenvalue weighted by molar-refractivity contribution is 8.06. The highest BCUT2D eigenvalue weighted by Gasteiger charge is 2.14. The van der Waals surface area contributed by atoms with Gasteiger partial charge in [0.25, 0.3) is 0 Å².